The summed E-state index contributed by atoms with van der Waals surface area (Å²) >= 11 is 1.53. The maximum Gasteiger partial charge on any atom is 0.222 e. The summed E-state index contributed by atoms with van der Waals surface area (Å²) < 4.78 is 12.7. The third-order valence-electron chi connectivity index (χ3n) is 3.03. The molecule has 0 aliphatic carbocycles. The van der Waals surface area contributed by atoms with E-state index in [0.29, 0.717) is 32.6 Å². The summed E-state index contributed by atoms with van der Waals surface area (Å²) in [4.78, 5) is 14.6. The van der Waals surface area contributed by atoms with Gasteiger partial charge in [-0.1, -0.05) is 0 Å². The monoisotopic (exact) mass is 358 g/mol. The van der Waals surface area contributed by atoms with Gasteiger partial charge in [-0.2, -0.15) is 12.1 Å². The van der Waals surface area contributed by atoms with E-state index in [-0.39, 0.29) is 44.7 Å². The van der Waals surface area contributed by atoms with E-state index < -0.39 is 6.58 Å². The Morgan fingerprint density at radius 2 is 2.53 bits per heavy atom. The molecule has 103 valence electrons. The second-order valence-electron chi connectivity index (χ2n) is 4.29. The number of amides is 1. The van der Waals surface area contributed by atoms with Gasteiger partial charge in [-0.25, -0.2) is 0 Å². The van der Waals surface area contributed by atoms with Crippen LogP contribution in [-0.2, 0) is 48.8 Å². The van der Waals surface area contributed by atoms with Gasteiger partial charge in [-0.05, 0) is 12.8 Å². The first-order chi connectivity index (χ1) is 9.16. The Morgan fingerprint density at radius 1 is 1.68 bits per heavy atom. The van der Waals surface area contributed by atoms with Crippen LogP contribution in [0.5, 0.6) is 0 Å². The molecule has 0 bridgehead atoms. The van der Waals surface area contributed by atoms with Crippen molar-refractivity contribution in [3.8, 4) is 0 Å². The number of nitrogens with zero attached hydrogens (tertiary/aromatic N) is 1. The molecular weight excluding hydrogens is 339 g/mol. The van der Waals surface area contributed by atoms with E-state index in [1.807, 2.05) is 12.1 Å². The van der Waals surface area contributed by atoms with Gasteiger partial charge in [0.15, 0.2) is 0 Å². The first kappa shape index (κ1) is 15.6. The maximum atomic E-state index is 11.7. The Balaban J connectivity index is 0.00000200. The average molecular weight is 358 g/mol. The molecule has 2 rings (SSSR count). The number of hydrogen-bond donors (Lipinski definition) is 1. The Kier molecular flexibility index (Phi) is 7.54. The molecule has 0 spiro atoms. The van der Waals surface area contributed by atoms with E-state index in [2.05, 4.69) is 5.38 Å². The van der Waals surface area contributed by atoms with Crippen molar-refractivity contribution in [2.75, 3.05) is 19.7 Å². The molecule has 1 amide bonds. The van der Waals surface area contributed by atoms with Crippen molar-refractivity contribution in [2.45, 2.75) is 31.9 Å². The molecule has 4 nitrogen and oxygen atoms in total. The van der Waals surface area contributed by atoms with Gasteiger partial charge in [0.05, 0.1) is 14.0 Å². The van der Waals surface area contributed by atoms with Gasteiger partial charge in [0.25, 0.3) is 0 Å². The van der Waals surface area contributed by atoms with Crippen LogP contribution in [0.2, 0.25) is 0 Å². The van der Waals surface area contributed by atoms with Gasteiger partial charge in [-0.3, -0.25) is 16.1 Å². The van der Waals surface area contributed by atoms with E-state index in [1.54, 1.807) is 4.90 Å². The molecular formula is C13H18NO3SY-. The fourth-order valence-corrected chi connectivity index (χ4v) is 2.68. The normalized spacial score (nSPS) is 21.1. The number of rotatable bonds is 7. The number of carbonyl (C=O) groups excluding carboxylic acids is 1. The van der Waals surface area contributed by atoms with Gasteiger partial charge in [0, 0.05) is 58.9 Å². The number of ether oxygens (including phenoxy) is 1. The van der Waals surface area contributed by atoms with Crippen LogP contribution in [0.3, 0.4) is 0 Å². The molecule has 1 N–H and O–H groups in total. The first-order valence-electron chi connectivity index (χ1n) is 6.67. The van der Waals surface area contributed by atoms with Crippen molar-refractivity contribution in [1.82, 2.24) is 4.90 Å². The van der Waals surface area contributed by atoms with Crippen LogP contribution in [-0.4, -0.2) is 41.7 Å². The van der Waals surface area contributed by atoms with Gasteiger partial charge in [0.1, 0.15) is 0 Å². The van der Waals surface area contributed by atoms with Crippen molar-refractivity contribution in [3.63, 3.8) is 0 Å². The minimum Gasteiger partial charge on any atom is -0.396 e. The number of carbonyl (C=O) groups is 1. The molecule has 0 saturated carbocycles. The van der Waals surface area contributed by atoms with Crippen LogP contribution in [0.4, 0.5) is 0 Å². The Hall–Kier alpha value is 0.194. The number of likely N-dealkylation sites (tertiary alicyclic amines) is 1. The zero-order valence-corrected chi connectivity index (χ0v) is 14.4. The summed E-state index contributed by atoms with van der Waals surface area (Å²) in [6.45, 7) is 0.382. The maximum absolute atomic E-state index is 11.7. The molecule has 6 heteroatoms. The van der Waals surface area contributed by atoms with Gasteiger partial charge in [-0.15, -0.1) is 10.3 Å². The number of aliphatic hydroxyl groups is 1. The molecule has 2 heterocycles. The van der Waals surface area contributed by atoms with E-state index in [9.17, 15) is 4.79 Å². The van der Waals surface area contributed by atoms with Crippen molar-refractivity contribution >= 4 is 17.2 Å². The third-order valence-corrected chi connectivity index (χ3v) is 3.80. The van der Waals surface area contributed by atoms with Crippen LogP contribution < -0.4 is 0 Å². The average Bonchev–Trinajstić information content (AvgIpc) is 2.98. The zero-order chi connectivity index (χ0) is 13.7. The molecule has 1 fully saturated rings. The molecule has 0 aromatic carbocycles. The Labute approximate surface area is 144 Å². The van der Waals surface area contributed by atoms with E-state index in [4.69, 9.17) is 11.2 Å². The van der Waals surface area contributed by atoms with Gasteiger partial charge < -0.3 is 14.7 Å². The summed E-state index contributed by atoms with van der Waals surface area (Å²) in [7, 11) is 0. The predicted molar refractivity (Wildman–Crippen MR) is 69.2 cm³/mol. The SMILES string of the molecule is [2H]C(O)CCN1C(=O)CCC1COCc1cc[c-]s1.[Y]. The second-order valence-corrected chi connectivity index (χ2v) is 5.25. The fraction of sp³-hybridized carbons (Fsp3) is 0.615. The van der Waals surface area contributed by atoms with Crippen molar-refractivity contribution < 1.29 is 48.7 Å². The van der Waals surface area contributed by atoms with Gasteiger partial charge in [0.2, 0.25) is 5.91 Å². The summed E-state index contributed by atoms with van der Waals surface area (Å²) in [5.41, 5.74) is 0. The van der Waals surface area contributed by atoms with Crippen molar-refractivity contribution in [3.05, 3.63) is 22.4 Å². The molecule has 19 heavy (non-hydrogen) atoms. The summed E-state index contributed by atoms with van der Waals surface area (Å²) in [5, 5.41) is 12.0. The summed E-state index contributed by atoms with van der Waals surface area (Å²) in [5.74, 6) is 0.0960. The van der Waals surface area contributed by atoms with Crippen LogP contribution >= 0.6 is 11.3 Å². The molecule has 2 unspecified atom stereocenters. The summed E-state index contributed by atoms with van der Waals surface area (Å²) in [6.07, 6.45) is 1.63. The van der Waals surface area contributed by atoms with Crippen molar-refractivity contribution in [1.29, 1.82) is 0 Å². The minimum atomic E-state index is -1.11. The van der Waals surface area contributed by atoms with E-state index >= 15 is 0 Å². The second kappa shape index (κ2) is 9.19. The molecule has 1 radical (unpaired) electrons. The predicted octanol–water partition coefficient (Wildman–Crippen LogP) is 1.44. The molecule has 1 aliphatic heterocycles. The first-order valence-corrected chi connectivity index (χ1v) is 6.90. The minimum absolute atomic E-state index is 0. The molecule has 1 aromatic heterocycles. The summed E-state index contributed by atoms with van der Waals surface area (Å²) in [6, 6.07) is 3.92. The van der Waals surface area contributed by atoms with E-state index in [0.717, 1.165) is 11.3 Å². The van der Waals surface area contributed by atoms with Crippen LogP contribution in [0, 0.1) is 5.38 Å². The number of hydrogen-bond acceptors (Lipinski definition) is 4. The topological polar surface area (TPSA) is 49.8 Å². The largest absolute Gasteiger partial charge is 0.396 e. The Bertz CT molecular complexity index is 402. The third kappa shape index (κ3) is 5.23. The quantitative estimate of drug-likeness (QED) is 0.751. The fourth-order valence-electron chi connectivity index (χ4n) is 2.11. The van der Waals surface area contributed by atoms with Crippen LogP contribution in [0.15, 0.2) is 12.1 Å². The van der Waals surface area contributed by atoms with E-state index in [1.165, 1.54) is 11.3 Å². The van der Waals surface area contributed by atoms with Crippen LogP contribution in [0.25, 0.3) is 0 Å². The molecule has 2 atom stereocenters. The van der Waals surface area contributed by atoms with Crippen molar-refractivity contribution in [2.24, 2.45) is 0 Å². The van der Waals surface area contributed by atoms with Crippen LogP contribution in [0.1, 0.15) is 25.5 Å². The molecule has 1 aromatic rings. The zero-order valence-electron chi connectivity index (χ0n) is 11.7. The smallest absolute Gasteiger partial charge is 0.222 e. The number of thiophene rings is 1. The molecule has 1 aliphatic rings. The number of aliphatic hydroxyl groups excluding tert-OH is 1. The Morgan fingerprint density at radius 3 is 3.21 bits per heavy atom. The standard InChI is InChI=1S/C13H18NO3S.Y/c15-7-2-6-14-11(4-5-13(14)16)9-17-10-12-3-1-8-18-12;/h1,3,11,15H,2,4-7,9-10H2;/q-1;/i7D;. The van der Waals surface area contributed by atoms with Gasteiger partial charge >= 0.3 is 0 Å². The molecule has 1 saturated heterocycles.